The third-order valence-corrected chi connectivity index (χ3v) is 3.93. The normalized spacial score (nSPS) is 13.9. The number of ether oxygens (including phenoxy) is 1. The lowest BCUT2D eigenvalue weighted by molar-refractivity contribution is -0.384. The lowest BCUT2D eigenvalue weighted by atomic mass is 10.1. The van der Waals surface area contributed by atoms with Crippen LogP contribution in [0.5, 0.6) is 0 Å². The quantitative estimate of drug-likeness (QED) is 0.490. The standard InChI is InChI=1S/C18H15N3O6/c22-16-9-10-17(23)20(19-16)14-7-3-13(4-8-14)18(24)27-11-12-1-5-15(6-2-12)21(25)26/h1-8H,9-11H2,(H,19,22). The molecule has 9 nitrogen and oxygen atoms in total. The molecule has 1 heterocycles. The van der Waals surface area contributed by atoms with Gasteiger partial charge in [0.1, 0.15) is 6.61 Å². The molecule has 0 aliphatic carbocycles. The molecule has 0 bridgehead atoms. The summed E-state index contributed by atoms with van der Waals surface area (Å²) in [5.41, 5.74) is 3.77. The van der Waals surface area contributed by atoms with Crippen molar-refractivity contribution >= 4 is 29.2 Å². The Morgan fingerprint density at radius 2 is 1.74 bits per heavy atom. The maximum Gasteiger partial charge on any atom is 0.338 e. The predicted molar refractivity (Wildman–Crippen MR) is 93.5 cm³/mol. The third-order valence-electron chi connectivity index (χ3n) is 3.93. The van der Waals surface area contributed by atoms with Gasteiger partial charge in [-0.25, -0.2) is 9.80 Å². The number of benzene rings is 2. The van der Waals surface area contributed by atoms with Crippen LogP contribution in [0.2, 0.25) is 0 Å². The Bertz CT molecular complexity index is 892. The van der Waals surface area contributed by atoms with Crippen LogP contribution in [0.15, 0.2) is 48.5 Å². The summed E-state index contributed by atoms with van der Waals surface area (Å²) in [6.45, 7) is -0.0285. The first kappa shape index (κ1) is 18.1. The minimum absolute atomic E-state index is 0.0285. The van der Waals surface area contributed by atoms with Crippen molar-refractivity contribution in [1.29, 1.82) is 0 Å². The zero-order chi connectivity index (χ0) is 19.4. The number of nitro groups is 1. The molecule has 0 spiro atoms. The van der Waals surface area contributed by atoms with Crippen LogP contribution >= 0.6 is 0 Å². The molecule has 1 N–H and O–H groups in total. The van der Waals surface area contributed by atoms with Crippen molar-refractivity contribution in [2.45, 2.75) is 19.4 Å². The second kappa shape index (κ2) is 7.65. The Morgan fingerprint density at radius 3 is 2.37 bits per heavy atom. The van der Waals surface area contributed by atoms with E-state index in [2.05, 4.69) is 5.43 Å². The van der Waals surface area contributed by atoms with Gasteiger partial charge in [0.15, 0.2) is 0 Å². The van der Waals surface area contributed by atoms with Crippen LogP contribution in [-0.2, 0) is 20.9 Å². The molecule has 0 radical (unpaired) electrons. The molecule has 138 valence electrons. The number of anilines is 1. The zero-order valence-corrected chi connectivity index (χ0v) is 14.1. The average Bonchev–Trinajstić information content (AvgIpc) is 2.68. The monoisotopic (exact) mass is 369 g/mol. The number of hydrazine groups is 1. The van der Waals surface area contributed by atoms with Gasteiger partial charge >= 0.3 is 5.97 Å². The van der Waals surface area contributed by atoms with Gasteiger partial charge in [0, 0.05) is 25.0 Å². The molecule has 0 unspecified atom stereocenters. The third kappa shape index (κ3) is 4.27. The molecular weight excluding hydrogens is 354 g/mol. The molecule has 1 aliphatic heterocycles. The minimum atomic E-state index is -0.575. The average molecular weight is 369 g/mol. The number of non-ortho nitro benzene ring substituents is 1. The Balaban J connectivity index is 1.61. The fourth-order valence-electron chi connectivity index (χ4n) is 2.48. The van der Waals surface area contributed by atoms with E-state index in [9.17, 15) is 24.5 Å². The number of hydrogen-bond acceptors (Lipinski definition) is 6. The van der Waals surface area contributed by atoms with Crippen molar-refractivity contribution in [2.75, 3.05) is 5.01 Å². The van der Waals surface area contributed by atoms with E-state index < -0.39 is 10.9 Å². The molecule has 1 aliphatic rings. The Labute approximate surface area is 153 Å². The van der Waals surface area contributed by atoms with Crippen molar-refractivity contribution in [3.8, 4) is 0 Å². The predicted octanol–water partition coefficient (Wildman–Crippen LogP) is 2.11. The van der Waals surface area contributed by atoms with Gasteiger partial charge in [0.25, 0.3) is 5.69 Å². The molecule has 2 aromatic carbocycles. The maximum atomic E-state index is 12.1. The summed E-state index contributed by atoms with van der Waals surface area (Å²) in [6, 6.07) is 11.7. The smallest absolute Gasteiger partial charge is 0.338 e. The summed E-state index contributed by atoms with van der Waals surface area (Å²) in [5, 5.41) is 11.8. The highest BCUT2D eigenvalue weighted by Gasteiger charge is 2.24. The fraction of sp³-hybridized carbons (Fsp3) is 0.167. The Hall–Kier alpha value is -3.75. The molecule has 2 aromatic rings. The van der Waals surface area contributed by atoms with E-state index in [-0.39, 0.29) is 42.5 Å². The van der Waals surface area contributed by atoms with E-state index in [1.54, 1.807) is 0 Å². The van der Waals surface area contributed by atoms with Gasteiger partial charge in [0.05, 0.1) is 16.2 Å². The summed E-state index contributed by atoms with van der Waals surface area (Å²) < 4.78 is 5.18. The van der Waals surface area contributed by atoms with Crippen molar-refractivity contribution in [1.82, 2.24) is 5.43 Å². The van der Waals surface area contributed by atoms with Crippen LogP contribution < -0.4 is 10.4 Å². The molecule has 1 fully saturated rings. The number of esters is 1. The number of nitrogens with one attached hydrogen (secondary N) is 1. The number of rotatable bonds is 5. The molecule has 3 rings (SSSR count). The summed E-state index contributed by atoms with van der Waals surface area (Å²) in [6.07, 6.45) is 0.285. The number of nitro benzene ring substituents is 1. The molecule has 1 saturated heterocycles. The second-order valence-corrected chi connectivity index (χ2v) is 5.81. The number of amides is 2. The molecular formula is C18H15N3O6. The van der Waals surface area contributed by atoms with Gasteiger partial charge in [-0.1, -0.05) is 0 Å². The number of carbonyl (C=O) groups excluding carboxylic acids is 3. The molecule has 0 aromatic heterocycles. The van der Waals surface area contributed by atoms with E-state index in [1.165, 1.54) is 48.5 Å². The largest absolute Gasteiger partial charge is 0.457 e. The highest BCUT2D eigenvalue weighted by molar-refractivity contribution is 6.01. The zero-order valence-electron chi connectivity index (χ0n) is 14.1. The van der Waals surface area contributed by atoms with Crippen LogP contribution in [0.4, 0.5) is 11.4 Å². The van der Waals surface area contributed by atoms with Crippen LogP contribution in [0.25, 0.3) is 0 Å². The van der Waals surface area contributed by atoms with Gasteiger partial charge in [-0.3, -0.25) is 25.1 Å². The first-order chi connectivity index (χ1) is 12.9. The van der Waals surface area contributed by atoms with Crippen molar-refractivity contribution in [3.63, 3.8) is 0 Å². The summed E-state index contributed by atoms with van der Waals surface area (Å²) in [7, 11) is 0. The molecule has 9 heteroatoms. The highest BCUT2D eigenvalue weighted by Crippen LogP contribution is 2.19. The molecule has 27 heavy (non-hydrogen) atoms. The lowest BCUT2D eigenvalue weighted by Gasteiger charge is -2.27. The van der Waals surface area contributed by atoms with Gasteiger partial charge in [0.2, 0.25) is 11.8 Å². The van der Waals surface area contributed by atoms with Crippen LogP contribution in [0, 0.1) is 10.1 Å². The molecule has 2 amide bonds. The van der Waals surface area contributed by atoms with Crippen molar-refractivity contribution in [2.24, 2.45) is 0 Å². The van der Waals surface area contributed by atoms with Crippen molar-refractivity contribution < 1.29 is 24.0 Å². The van der Waals surface area contributed by atoms with Gasteiger partial charge in [-0.05, 0) is 42.0 Å². The van der Waals surface area contributed by atoms with E-state index in [0.29, 0.717) is 11.3 Å². The summed E-state index contributed by atoms with van der Waals surface area (Å²) in [4.78, 5) is 45.5. The number of hydrogen-bond donors (Lipinski definition) is 1. The van der Waals surface area contributed by atoms with Crippen LogP contribution in [0.1, 0.15) is 28.8 Å². The summed E-state index contributed by atoms with van der Waals surface area (Å²) in [5.74, 6) is -1.06. The number of carbonyl (C=O) groups is 3. The van der Waals surface area contributed by atoms with Gasteiger partial charge in [-0.2, -0.15) is 0 Å². The summed E-state index contributed by atoms with van der Waals surface area (Å²) >= 11 is 0. The van der Waals surface area contributed by atoms with E-state index in [0.717, 1.165) is 5.01 Å². The maximum absolute atomic E-state index is 12.1. The second-order valence-electron chi connectivity index (χ2n) is 5.81. The van der Waals surface area contributed by atoms with Gasteiger partial charge < -0.3 is 4.74 Å². The first-order valence-electron chi connectivity index (χ1n) is 8.07. The number of nitrogens with zero attached hydrogens (tertiary/aromatic N) is 2. The SMILES string of the molecule is O=C1CCC(=O)N(c2ccc(C(=O)OCc3ccc([N+](=O)[O-])cc3)cc2)N1. The Kier molecular flexibility index (Phi) is 5.11. The highest BCUT2D eigenvalue weighted by atomic mass is 16.6. The minimum Gasteiger partial charge on any atom is -0.457 e. The molecule has 0 atom stereocenters. The molecule has 0 saturated carbocycles. The van der Waals surface area contributed by atoms with E-state index in [1.807, 2.05) is 0 Å². The van der Waals surface area contributed by atoms with Crippen LogP contribution in [0.3, 0.4) is 0 Å². The van der Waals surface area contributed by atoms with Crippen molar-refractivity contribution in [3.05, 3.63) is 69.8 Å². The van der Waals surface area contributed by atoms with E-state index >= 15 is 0 Å². The topological polar surface area (TPSA) is 119 Å². The lowest BCUT2D eigenvalue weighted by Crippen LogP contribution is -2.50. The van der Waals surface area contributed by atoms with Gasteiger partial charge in [-0.15, -0.1) is 0 Å². The first-order valence-corrected chi connectivity index (χ1v) is 8.07. The van der Waals surface area contributed by atoms with E-state index in [4.69, 9.17) is 4.74 Å². The van der Waals surface area contributed by atoms with Crippen LogP contribution in [-0.4, -0.2) is 22.7 Å². The Morgan fingerprint density at radius 1 is 1.07 bits per heavy atom. The fourth-order valence-corrected chi connectivity index (χ4v) is 2.48.